The lowest BCUT2D eigenvalue weighted by Gasteiger charge is -2.40. The lowest BCUT2D eigenvalue weighted by atomic mass is 9.61. The molecule has 11 heteroatoms. The van der Waals surface area contributed by atoms with Gasteiger partial charge in [-0.2, -0.15) is 15.3 Å². The van der Waals surface area contributed by atoms with Crippen molar-refractivity contribution >= 4 is 27.8 Å². The van der Waals surface area contributed by atoms with E-state index in [2.05, 4.69) is 23.4 Å². The first-order valence-corrected chi connectivity index (χ1v) is 15.5. The molecule has 42 heavy (non-hydrogen) atoms. The average Bonchev–Trinajstić information content (AvgIpc) is 3.56. The smallest absolute Gasteiger partial charge is 0.217 e. The Morgan fingerprint density at radius 3 is 2.74 bits per heavy atom. The average molecular weight is 589 g/mol. The second-order valence-electron chi connectivity index (χ2n) is 11.6. The fourth-order valence-corrected chi connectivity index (χ4v) is 7.53. The van der Waals surface area contributed by atoms with Gasteiger partial charge in [-0.15, -0.1) is 11.3 Å². The number of carbonyl (C=O) groups is 1. The molecule has 5 rings (SSSR count). The second kappa shape index (κ2) is 12.2. The van der Waals surface area contributed by atoms with E-state index in [4.69, 9.17) is 26.2 Å². The van der Waals surface area contributed by atoms with Crippen LogP contribution in [0.15, 0.2) is 24.0 Å². The molecule has 1 saturated carbocycles. The molecule has 0 aromatic carbocycles. The van der Waals surface area contributed by atoms with Crippen molar-refractivity contribution in [2.24, 2.45) is 18.7 Å². The largest absolute Gasteiger partial charge is 0.474 e. The zero-order valence-corrected chi connectivity index (χ0v) is 25.7. The van der Waals surface area contributed by atoms with E-state index >= 15 is 0 Å². The molecule has 0 aliphatic heterocycles. The maximum absolute atomic E-state index is 14.4. The van der Waals surface area contributed by atoms with Gasteiger partial charge in [-0.25, -0.2) is 4.98 Å². The van der Waals surface area contributed by atoms with Gasteiger partial charge in [-0.05, 0) is 83.4 Å². The van der Waals surface area contributed by atoms with Crippen molar-refractivity contribution in [3.8, 4) is 23.2 Å². The van der Waals surface area contributed by atoms with Gasteiger partial charge < -0.3 is 21.5 Å². The summed E-state index contributed by atoms with van der Waals surface area (Å²) in [7, 11) is 3.80. The van der Waals surface area contributed by atoms with Crippen LogP contribution in [-0.4, -0.2) is 45.2 Å². The third kappa shape index (κ3) is 5.53. The number of carbonyl (C=O) groups excluding carboxylic acids is 1. The maximum Gasteiger partial charge on any atom is 0.217 e. The van der Waals surface area contributed by atoms with Crippen LogP contribution in [0, 0.1) is 17.2 Å². The van der Waals surface area contributed by atoms with Gasteiger partial charge in [0.05, 0.1) is 28.6 Å². The van der Waals surface area contributed by atoms with Crippen molar-refractivity contribution in [1.29, 1.82) is 5.26 Å². The number of ketones is 1. The first-order valence-electron chi connectivity index (χ1n) is 14.7. The minimum Gasteiger partial charge on any atom is -0.474 e. The van der Waals surface area contributed by atoms with Gasteiger partial charge in [-0.3, -0.25) is 9.48 Å². The van der Waals surface area contributed by atoms with Crippen molar-refractivity contribution in [2.45, 2.75) is 76.7 Å². The van der Waals surface area contributed by atoms with Gasteiger partial charge in [0, 0.05) is 35.3 Å². The van der Waals surface area contributed by atoms with Crippen LogP contribution in [0.1, 0.15) is 80.6 Å². The highest BCUT2D eigenvalue weighted by Crippen LogP contribution is 2.52. The quantitative estimate of drug-likeness (QED) is 0.242. The highest BCUT2D eigenvalue weighted by Gasteiger charge is 2.49. The summed E-state index contributed by atoms with van der Waals surface area (Å²) < 4.78 is 8.07. The lowest BCUT2D eigenvalue weighted by molar-refractivity contribution is -0.122. The molecular formula is C31H40N8O2S. The van der Waals surface area contributed by atoms with Crippen molar-refractivity contribution in [3.63, 3.8) is 0 Å². The van der Waals surface area contributed by atoms with Crippen LogP contribution < -0.4 is 21.5 Å². The Labute approximate surface area is 251 Å². The van der Waals surface area contributed by atoms with Crippen molar-refractivity contribution in [3.05, 3.63) is 45.9 Å². The molecule has 3 aromatic rings. The SMILES string of the molecule is CNCCC[C@H](C)[C@H](C)Oc1cc(-c2cnn(C)c2)nc(C(N)=C2CCC[C@@]3(CCCc4sc(N)c(C#N)c43)C2=O)n1. The van der Waals surface area contributed by atoms with E-state index in [-0.39, 0.29) is 23.4 Å². The highest BCUT2D eigenvalue weighted by atomic mass is 32.1. The molecule has 0 unspecified atom stereocenters. The molecule has 0 bridgehead atoms. The number of hydrogen-bond donors (Lipinski definition) is 3. The Morgan fingerprint density at radius 1 is 1.29 bits per heavy atom. The van der Waals surface area contributed by atoms with E-state index in [0.717, 1.165) is 54.7 Å². The Morgan fingerprint density at radius 2 is 2.05 bits per heavy atom. The van der Waals surface area contributed by atoms with Gasteiger partial charge in [0.2, 0.25) is 5.88 Å². The van der Waals surface area contributed by atoms with Crippen LogP contribution >= 0.6 is 11.3 Å². The molecule has 0 saturated heterocycles. The second-order valence-corrected chi connectivity index (χ2v) is 12.8. The number of nitrogen functional groups attached to an aromatic ring is 1. The molecule has 3 aromatic heterocycles. The maximum atomic E-state index is 14.4. The number of hydrogen-bond acceptors (Lipinski definition) is 10. The van der Waals surface area contributed by atoms with E-state index in [1.165, 1.54) is 11.3 Å². The zero-order valence-electron chi connectivity index (χ0n) is 24.9. The summed E-state index contributed by atoms with van der Waals surface area (Å²) in [5.41, 5.74) is 15.7. The van der Waals surface area contributed by atoms with E-state index < -0.39 is 5.41 Å². The number of ether oxygens (including phenoxy) is 1. The van der Waals surface area contributed by atoms with Gasteiger partial charge >= 0.3 is 0 Å². The fraction of sp³-hybridized carbons (Fsp3) is 0.516. The number of allylic oxidation sites excluding steroid dienone is 1. The summed E-state index contributed by atoms with van der Waals surface area (Å²) >= 11 is 1.44. The molecule has 3 atom stereocenters. The summed E-state index contributed by atoms with van der Waals surface area (Å²) in [6, 6.07) is 4.09. The normalized spacial score (nSPS) is 21.1. The number of nitrogens with zero attached hydrogens (tertiary/aromatic N) is 5. The predicted octanol–water partition coefficient (Wildman–Crippen LogP) is 4.49. The Bertz CT molecular complexity index is 1550. The van der Waals surface area contributed by atoms with Crippen molar-refractivity contribution < 1.29 is 9.53 Å². The third-order valence-electron chi connectivity index (χ3n) is 8.81. The summed E-state index contributed by atoms with van der Waals surface area (Å²) in [6.07, 6.45) is 9.93. The molecule has 1 spiro atoms. The Balaban J connectivity index is 1.55. The van der Waals surface area contributed by atoms with Gasteiger partial charge in [-0.1, -0.05) is 6.92 Å². The number of nitrogens with two attached hydrogens (primary N) is 2. The number of fused-ring (bicyclic) bond motifs is 2. The minimum absolute atomic E-state index is 0.0362. The molecule has 222 valence electrons. The number of thiophene rings is 1. The van der Waals surface area contributed by atoms with Gasteiger partial charge in [0.1, 0.15) is 17.2 Å². The molecule has 1 fully saturated rings. The zero-order chi connectivity index (χ0) is 30.0. The van der Waals surface area contributed by atoms with Gasteiger partial charge in [0.15, 0.2) is 11.6 Å². The number of anilines is 1. The first-order chi connectivity index (χ1) is 20.2. The number of aromatic nitrogens is 4. The van der Waals surface area contributed by atoms with Crippen molar-refractivity contribution in [2.75, 3.05) is 19.3 Å². The number of Topliss-reactive ketones (excluding diaryl/α,β-unsaturated/α-hetero) is 1. The van der Waals surface area contributed by atoms with E-state index in [1.807, 2.05) is 27.2 Å². The Kier molecular flexibility index (Phi) is 8.66. The summed E-state index contributed by atoms with van der Waals surface area (Å²) in [4.78, 5) is 25.0. The highest BCUT2D eigenvalue weighted by molar-refractivity contribution is 7.16. The lowest BCUT2D eigenvalue weighted by Crippen LogP contribution is -2.43. The standard InChI is InChI=1S/C31H40N8O2S/c1-18(8-7-13-35-3)19(2)41-25-14-23(20-16-36-39(4)17-20)37-30(38-25)27(33)21-9-5-11-31(28(21)40)12-6-10-24-26(31)22(15-32)29(34)42-24/h14,16-19,35H,5-13,33-34H2,1-4H3/t18-,19-,31-/m0/s1. The molecule has 5 N–H and O–H groups in total. The topological polar surface area (TPSA) is 158 Å². The monoisotopic (exact) mass is 588 g/mol. The molecule has 0 amide bonds. The number of nitriles is 1. The Hall–Kier alpha value is -3.75. The predicted molar refractivity (Wildman–Crippen MR) is 165 cm³/mol. The van der Waals surface area contributed by atoms with E-state index in [9.17, 15) is 10.1 Å². The van der Waals surface area contributed by atoms with Gasteiger partial charge in [0.25, 0.3) is 0 Å². The van der Waals surface area contributed by atoms with E-state index in [0.29, 0.717) is 52.9 Å². The third-order valence-corrected chi connectivity index (χ3v) is 9.89. The fourth-order valence-electron chi connectivity index (χ4n) is 6.37. The number of aryl methyl sites for hydroxylation is 2. The number of nitrogens with one attached hydrogen (secondary N) is 1. The molecule has 2 aliphatic rings. The van der Waals surface area contributed by atoms with E-state index in [1.54, 1.807) is 16.9 Å². The summed E-state index contributed by atoms with van der Waals surface area (Å²) in [5.74, 6) is 0.946. The first kappa shape index (κ1) is 29.7. The van der Waals surface area contributed by atoms with Crippen LogP contribution in [0.2, 0.25) is 0 Å². The summed E-state index contributed by atoms with van der Waals surface area (Å²) in [6.45, 7) is 5.17. The molecule has 0 radical (unpaired) electrons. The van der Waals surface area contributed by atoms with Crippen LogP contribution in [0.25, 0.3) is 17.0 Å². The molecule has 3 heterocycles. The van der Waals surface area contributed by atoms with Crippen LogP contribution in [0.3, 0.4) is 0 Å². The molecule has 10 nitrogen and oxygen atoms in total. The minimum atomic E-state index is -0.789. The van der Waals surface area contributed by atoms with Crippen molar-refractivity contribution in [1.82, 2.24) is 25.1 Å². The van der Waals surface area contributed by atoms with Crippen LogP contribution in [0.5, 0.6) is 5.88 Å². The molecular weight excluding hydrogens is 548 g/mol. The summed E-state index contributed by atoms with van der Waals surface area (Å²) in [5, 5.41) is 17.9. The van der Waals surface area contributed by atoms with Crippen LogP contribution in [-0.2, 0) is 23.7 Å². The van der Waals surface area contributed by atoms with Crippen LogP contribution in [0.4, 0.5) is 5.00 Å². The molecule has 2 aliphatic carbocycles. The number of rotatable bonds is 9.